The minimum atomic E-state index is -1.41. The number of carbonyl (C=O) groups excluding carboxylic acids is 3. The first kappa shape index (κ1) is 17.3. The highest BCUT2D eigenvalue weighted by Crippen LogP contribution is 2.28. The molecule has 0 unspecified atom stereocenters. The molecule has 0 aromatic carbocycles. The summed E-state index contributed by atoms with van der Waals surface area (Å²) < 4.78 is 10.0. The first-order valence-corrected chi connectivity index (χ1v) is 6.99. The van der Waals surface area contributed by atoms with Crippen LogP contribution in [0.2, 0.25) is 0 Å². The number of alkyl carbamates (subject to hydrolysis) is 1. The summed E-state index contributed by atoms with van der Waals surface area (Å²) >= 11 is 0. The van der Waals surface area contributed by atoms with Gasteiger partial charge in [0.15, 0.2) is 5.54 Å². The topological polar surface area (TPSA) is 93.7 Å². The number of esters is 1. The lowest BCUT2D eigenvalue weighted by Gasteiger charge is -2.35. The summed E-state index contributed by atoms with van der Waals surface area (Å²) in [4.78, 5) is 36.3. The van der Waals surface area contributed by atoms with Crippen LogP contribution in [-0.4, -0.2) is 42.8 Å². The Morgan fingerprint density at radius 1 is 1.38 bits per heavy atom. The minimum Gasteiger partial charge on any atom is -0.467 e. The molecule has 0 bridgehead atoms. The molecule has 0 aromatic heterocycles. The zero-order valence-electron chi connectivity index (χ0n) is 13.2. The molecule has 1 rings (SSSR count). The second kappa shape index (κ2) is 6.32. The van der Waals surface area contributed by atoms with Crippen molar-refractivity contribution in [2.45, 2.75) is 51.7 Å². The van der Waals surface area contributed by atoms with Gasteiger partial charge < -0.3 is 20.1 Å². The van der Waals surface area contributed by atoms with Gasteiger partial charge in [0.05, 0.1) is 13.0 Å². The molecule has 2 amide bonds. The van der Waals surface area contributed by atoms with Gasteiger partial charge in [0.25, 0.3) is 0 Å². The van der Waals surface area contributed by atoms with Crippen LogP contribution in [0.5, 0.6) is 0 Å². The van der Waals surface area contributed by atoms with Crippen LogP contribution in [-0.2, 0) is 19.1 Å². The van der Waals surface area contributed by atoms with E-state index in [1.807, 2.05) is 0 Å². The van der Waals surface area contributed by atoms with Gasteiger partial charge in [-0.2, -0.15) is 0 Å². The lowest BCUT2D eigenvalue weighted by atomic mass is 9.81. The van der Waals surface area contributed by atoms with Gasteiger partial charge in [-0.15, -0.1) is 0 Å². The first-order valence-electron chi connectivity index (χ1n) is 6.99. The Morgan fingerprint density at radius 3 is 2.52 bits per heavy atom. The van der Waals surface area contributed by atoms with Gasteiger partial charge in [0.1, 0.15) is 5.60 Å². The second-order valence-electron chi connectivity index (χ2n) is 6.21. The molecule has 2 N–H and O–H groups in total. The maximum Gasteiger partial charge on any atom is 0.408 e. The maximum atomic E-state index is 12.2. The molecule has 0 saturated carbocycles. The number of hydrogen-bond donors (Lipinski definition) is 2. The number of methoxy groups -OCH3 is 1. The van der Waals surface area contributed by atoms with Crippen molar-refractivity contribution in [3.8, 4) is 0 Å². The average Bonchev–Trinajstić information content (AvgIpc) is 2.50. The highest BCUT2D eigenvalue weighted by molar-refractivity contribution is 5.93. The van der Waals surface area contributed by atoms with Crippen LogP contribution in [0.1, 0.15) is 40.5 Å². The Labute approximate surface area is 124 Å². The number of carbonyl (C=O) groups is 3. The molecule has 7 nitrogen and oxygen atoms in total. The van der Waals surface area contributed by atoms with Crippen molar-refractivity contribution in [3.63, 3.8) is 0 Å². The molecule has 0 spiro atoms. The number of amides is 2. The van der Waals surface area contributed by atoms with E-state index in [2.05, 4.69) is 10.6 Å². The molecule has 21 heavy (non-hydrogen) atoms. The molecule has 0 radical (unpaired) electrons. The van der Waals surface area contributed by atoms with Crippen LogP contribution in [0.25, 0.3) is 0 Å². The lowest BCUT2D eigenvalue weighted by Crippen LogP contribution is -2.61. The molecule has 120 valence electrons. The predicted molar refractivity (Wildman–Crippen MR) is 75.5 cm³/mol. The third kappa shape index (κ3) is 4.09. The fraction of sp³-hybridized carbons (Fsp3) is 0.786. The molecule has 1 aliphatic heterocycles. The first-order chi connectivity index (χ1) is 9.62. The van der Waals surface area contributed by atoms with Crippen LogP contribution in [0, 0.1) is 5.92 Å². The zero-order chi connectivity index (χ0) is 16.3. The van der Waals surface area contributed by atoms with Gasteiger partial charge >= 0.3 is 12.1 Å². The van der Waals surface area contributed by atoms with Crippen LogP contribution in [0.3, 0.4) is 0 Å². The molecule has 0 aliphatic carbocycles. The van der Waals surface area contributed by atoms with E-state index < -0.39 is 29.1 Å². The molecule has 7 heteroatoms. The third-order valence-corrected chi connectivity index (χ3v) is 3.45. The molecule has 1 aliphatic rings. The summed E-state index contributed by atoms with van der Waals surface area (Å²) in [7, 11) is 1.23. The third-order valence-electron chi connectivity index (χ3n) is 3.45. The van der Waals surface area contributed by atoms with Crippen LogP contribution < -0.4 is 10.6 Å². The quantitative estimate of drug-likeness (QED) is 0.741. The van der Waals surface area contributed by atoms with E-state index in [-0.39, 0.29) is 5.91 Å². The van der Waals surface area contributed by atoms with Gasteiger partial charge in [-0.05, 0) is 33.6 Å². The molecule has 1 fully saturated rings. The Morgan fingerprint density at radius 2 is 2.00 bits per heavy atom. The SMILES string of the molecule is COC(=O)[C@]1(NC(=O)OC(C)(C)C)CCCNC(=O)[C@H]1C. The number of hydrogen-bond acceptors (Lipinski definition) is 5. The molecule has 1 heterocycles. The van der Waals surface area contributed by atoms with Gasteiger partial charge in [-0.1, -0.05) is 6.92 Å². The van der Waals surface area contributed by atoms with Crippen molar-refractivity contribution in [3.05, 3.63) is 0 Å². The number of rotatable bonds is 2. The van der Waals surface area contributed by atoms with Crippen molar-refractivity contribution in [2.75, 3.05) is 13.7 Å². The Balaban J connectivity index is 3.06. The van der Waals surface area contributed by atoms with E-state index in [1.165, 1.54) is 7.11 Å². The maximum absolute atomic E-state index is 12.2. The fourth-order valence-electron chi connectivity index (χ4n) is 2.34. The Bertz CT molecular complexity index is 430. The van der Waals surface area contributed by atoms with Gasteiger partial charge in [0.2, 0.25) is 5.91 Å². The van der Waals surface area contributed by atoms with Crippen molar-refractivity contribution in [1.82, 2.24) is 10.6 Å². The van der Waals surface area contributed by atoms with Crippen molar-refractivity contribution in [1.29, 1.82) is 0 Å². The molecular weight excluding hydrogens is 276 g/mol. The van der Waals surface area contributed by atoms with Gasteiger partial charge in [0, 0.05) is 6.54 Å². The normalized spacial score (nSPS) is 26.3. The highest BCUT2D eigenvalue weighted by Gasteiger charge is 2.50. The molecular formula is C14H24N2O5. The standard InChI is InChI=1S/C14H24N2O5/c1-9-10(17)15-8-6-7-14(9,11(18)20-5)16-12(19)21-13(2,3)4/h9H,6-8H2,1-5H3,(H,15,17)(H,16,19)/t9-,14+/m1/s1. The van der Waals surface area contributed by atoms with Crippen molar-refractivity contribution in [2.24, 2.45) is 5.92 Å². The number of nitrogens with one attached hydrogen (secondary N) is 2. The van der Waals surface area contributed by atoms with Crippen LogP contribution in [0.15, 0.2) is 0 Å². The summed E-state index contributed by atoms with van der Waals surface area (Å²) in [6, 6.07) is 0. The summed E-state index contributed by atoms with van der Waals surface area (Å²) in [5.74, 6) is -1.69. The van der Waals surface area contributed by atoms with E-state index in [4.69, 9.17) is 9.47 Å². The largest absolute Gasteiger partial charge is 0.467 e. The van der Waals surface area contributed by atoms with Crippen LogP contribution >= 0.6 is 0 Å². The molecule has 0 aromatic rings. The van der Waals surface area contributed by atoms with E-state index in [0.717, 1.165) is 0 Å². The van der Waals surface area contributed by atoms with E-state index in [1.54, 1.807) is 27.7 Å². The van der Waals surface area contributed by atoms with E-state index >= 15 is 0 Å². The van der Waals surface area contributed by atoms with Gasteiger partial charge in [-0.25, -0.2) is 9.59 Å². The predicted octanol–water partition coefficient (Wildman–Crippen LogP) is 0.969. The highest BCUT2D eigenvalue weighted by atomic mass is 16.6. The second-order valence-corrected chi connectivity index (χ2v) is 6.21. The summed E-state index contributed by atoms with van der Waals surface area (Å²) in [6.45, 7) is 7.22. The van der Waals surface area contributed by atoms with E-state index in [0.29, 0.717) is 19.4 Å². The van der Waals surface area contributed by atoms with Crippen molar-refractivity contribution >= 4 is 18.0 Å². The van der Waals surface area contributed by atoms with Crippen molar-refractivity contribution < 1.29 is 23.9 Å². The summed E-state index contributed by atoms with van der Waals surface area (Å²) in [6.07, 6.45) is 0.120. The summed E-state index contributed by atoms with van der Waals surface area (Å²) in [5, 5.41) is 5.27. The fourth-order valence-corrected chi connectivity index (χ4v) is 2.34. The summed E-state index contributed by atoms with van der Waals surface area (Å²) in [5.41, 5.74) is -2.10. The average molecular weight is 300 g/mol. The van der Waals surface area contributed by atoms with Gasteiger partial charge in [-0.3, -0.25) is 4.79 Å². The smallest absolute Gasteiger partial charge is 0.408 e. The molecule has 1 saturated heterocycles. The minimum absolute atomic E-state index is 0.297. The Hall–Kier alpha value is -1.79. The molecule has 2 atom stereocenters. The lowest BCUT2D eigenvalue weighted by molar-refractivity contribution is -0.153. The number of ether oxygens (including phenoxy) is 2. The van der Waals surface area contributed by atoms with E-state index in [9.17, 15) is 14.4 Å². The monoisotopic (exact) mass is 300 g/mol. The zero-order valence-corrected chi connectivity index (χ0v) is 13.2. The Kier molecular flexibility index (Phi) is 5.20. The van der Waals surface area contributed by atoms with Crippen LogP contribution in [0.4, 0.5) is 4.79 Å².